The van der Waals surface area contributed by atoms with E-state index in [1.165, 1.54) is 21.9 Å². The minimum Gasteiger partial charge on any atom is -0.508 e. The van der Waals surface area contributed by atoms with Crippen LogP contribution in [0.5, 0.6) is 11.5 Å². The van der Waals surface area contributed by atoms with Gasteiger partial charge in [-0.3, -0.25) is 19.2 Å². The van der Waals surface area contributed by atoms with Gasteiger partial charge in [-0.2, -0.15) is 0 Å². The van der Waals surface area contributed by atoms with Crippen molar-refractivity contribution in [3.05, 3.63) is 97.1 Å². The van der Waals surface area contributed by atoms with E-state index in [-0.39, 0.29) is 76.1 Å². The zero-order chi connectivity index (χ0) is 32.8. The maximum atomic E-state index is 13.7. The Morgan fingerprint density at radius 2 is 1.11 bits per heavy atom. The van der Waals surface area contributed by atoms with E-state index in [1.54, 1.807) is 24.3 Å². The fraction of sp³-hybridized carbons (Fsp3) is 0.385. The second kappa shape index (κ2) is 10.4. The highest BCUT2D eigenvalue weighted by Gasteiger charge is 2.67. The van der Waals surface area contributed by atoms with Gasteiger partial charge in [-0.1, -0.05) is 48.6 Å². The molecule has 2 N–H and O–H groups in total. The van der Waals surface area contributed by atoms with Gasteiger partial charge in [-0.25, -0.2) is 9.80 Å². The van der Waals surface area contributed by atoms with E-state index in [0.717, 1.165) is 38.5 Å². The summed E-state index contributed by atoms with van der Waals surface area (Å²) in [4.78, 5) is 57.0. The van der Waals surface area contributed by atoms with Gasteiger partial charge >= 0.3 is 0 Å². The van der Waals surface area contributed by atoms with Crippen molar-refractivity contribution in [2.75, 3.05) is 9.80 Å². The van der Waals surface area contributed by atoms with Crippen LogP contribution < -0.4 is 9.80 Å². The molecule has 4 fully saturated rings. The summed E-state index contributed by atoms with van der Waals surface area (Å²) in [6.45, 7) is 7.66. The first kappa shape index (κ1) is 29.7. The lowest BCUT2D eigenvalue weighted by molar-refractivity contribution is -0.125. The van der Waals surface area contributed by atoms with E-state index < -0.39 is 11.8 Å². The molecule has 8 rings (SSSR count). The van der Waals surface area contributed by atoms with Crippen LogP contribution in [0.1, 0.15) is 49.7 Å². The first-order chi connectivity index (χ1) is 22.6. The zero-order valence-electron chi connectivity index (χ0n) is 26.2. The maximum Gasteiger partial charge on any atom is 0.238 e. The van der Waals surface area contributed by atoms with Crippen molar-refractivity contribution in [1.82, 2.24) is 0 Å². The number of anilines is 2. The van der Waals surface area contributed by atoms with Crippen LogP contribution in [0.2, 0.25) is 0 Å². The van der Waals surface area contributed by atoms with Gasteiger partial charge in [0.15, 0.2) is 0 Å². The molecule has 2 aromatic carbocycles. The Bertz CT molecular complexity index is 1710. The van der Waals surface area contributed by atoms with E-state index >= 15 is 0 Å². The Labute approximate surface area is 273 Å². The monoisotopic (exact) mass is 630 g/mol. The summed E-state index contributed by atoms with van der Waals surface area (Å²) in [6.07, 6.45) is 17.0. The summed E-state index contributed by atoms with van der Waals surface area (Å²) in [5.74, 6) is -2.57. The largest absolute Gasteiger partial charge is 0.508 e. The summed E-state index contributed by atoms with van der Waals surface area (Å²) in [5, 5.41) is 22.1. The molecule has 4 amide bonds. The Hall–Kier alpha value is -4.72. The Morgan fingerprint density at radius 1 is 0.681 bits per heavy atom. The standard InChI is InChI=1S/C39H38N2O6/c1-3-5-13-38-15-11-24(20-38)30-32(38)36(46)40(34(30)44)26-9-7-22(28(42)18-26)17-23-8-10-27(19-29(23)43)41-35(45)31-25-12-16-39(21-25,14-6-4-2)33(31)37(41)47/h3-4,7-12,15-16,18-19,24-25,30-33,42-43H,1-2,5-6,13-14,17,20-21H2. The van der Waals surface area contributed by atoms with E-state index in [9.17, 15) is 29.4 Å². The molecule has 4 bridgehead atoms. The number of phenols is 2. The molecule has 0 aromatic heterocycles. The SMILES string of the molecule is C=CCCC12C=CC(C1)C1C(=O)N(c3ccc(Cc4ccc(N5C(=O)C6C7C=CC(CCC=C)(C7)C6C5=O)cc4O)c(O)c3)C(=O)C12. The summed E-state index contributed by atoms with van der Waals surface area (Å²) in [5.41, 5.74) is 0.996. The van der Waals surface area contributed by atoms with Crippen LogP contribution in [0, 0.1) is 46.3 Å². The van der Waals surface area contributed by atoms with Crippen LogP contribution >= 0.6 is 0 Å². The number of carbonyl (C=O) groups is 4. The number of aromatic hydroxyl groups is 2. The molecule has 0 radical (unpaired) electrons. The van der Waals surface area contributed by atoms with Crippen LogP contribution in [0.4, 0.5) is 11.4 Å². The van der Waals surface area contributed by atoms with E-state index in [0.29, 0.717) is 22.5 Å². The van der Waals surface area contributed by atoms with E-state index in [2.05, 4.69) is 37.5 Å². The lowest BCUT2D eigenvalue weighted by Crippen LogP contribution is -2.35. The van der Waals surface area contributed by atoms with Crippen molar-refractivity contribution < 1.29 is 29.4 Å². The molecule has 6 aliphatic rings. The van der Waals surface area contributed by atoms with Crippen molar-refractivity contribution in [2.45, 2.75) is 44.9 Å². The number of fused-ring (bicyclic) bond motifs is 10. The molecule has 2 aromatic rings. The number of imide groups is 2. The van der Waals surface area contributed by atoms with E-state index in [4.69, 9.17) is 0 Å². The number of hydrogen-bond acceptors (Lipinski definition) is 6. The number of carbonyl (C=O) groups excluding carboxylic acids is 4. The normalized spacial score (nSPS) is 34.2. The average Bonchev–Trinajstić information content (AvgIpc) is 3.89. The molecule has 240 valence electrons. The number of amides is 4. The van der Waals surface area contributed by atoms with Gasteiger partial charge in [0.05, 0.1) is 35.0 Å². The summed E-state index contributed by atoms with van der Waals surface area (Å²) >= 11 is 0. The number of allylic oxidation sites excluding steroid dienone is 6. The third-order valence-electron chi connectivity index (χ3n) is 12.1. The molecule has 2 saturated heterocycles. The third-order valence-corrected chi connectivity index (χ3v) is 12.1. The van der Waals surface area contributed by atoms with Crippen LogP contribution in [0.15, 0.2) is 86.0 Å². The smallest absolute Gasteiger partial charge is 0.238 e. The lowest BCUT2D eigenvalue weighted by Gasteiger charge is -2.30. The highest BCUT2D eigenvalue weighted by Crippen LogP contribution is 2.63. The Kier molecular flexibility index (Phi) is 6.56. The fourth-order valence-electron chi connectivity index (χ4n) is 10.0. The molecule has 2 heterocycles. The molecule has 8 heteroatoms. The van der Waals surface area contributed by atoms with Gasteiger partial charge in [0.25, 0.3) is 0 Å². The van der Waals surface area contributed by atoms with Gasteiger partial charge in [0.1, 0.15) is 11.5 Å². The number of benzene rings is 2. The highest BCUT2D eigenvalue weighted by molar-refractivity contribution is 6.24. The van der Waals surface area contributed by atoms with Gasteiger partial charge in [-0.05, 0) is 73.6 Å². The second-order valence-electron chi connectivity index (χ2n) is 14.4. The first-order valence-electron chi connectivity index (χ1n) is 16.6. The molecule has 2 aliphatic heterocycles. The van der Waals surface area contributed by atoms with Crippen molar-refractivity contribution in [3.8, 4) is 11.5 Å². The number of phenolic OH excluding ortho intramolecular Hbond substituents is 2. The first-order valence-corrected chi connectivity index (χ1v) is 16.6. The maximum absolute atomic E-state index is 13.7. The third kappa shape index (κ3) is 4.06. The minimum absolute atomic E-state index is 0.0426. The average molecular weight is 631 g/mol. The quantitative estimate of drug-likeness (QED) is 0.246. The van der Waals surface area contributed by atoms with Gasteiger partial charge in [0.2, 0.25) is 23.6 Å². The molecule has 8 nitrogen and oxygen atoms in total. The van der Waals surface area contributed by atoms with Crippen molar-refractivity contribution in [1.29, 1.82) is 0 Å². The fourth-order valence-corrected chi connectivity index (χ4v) is 10.0. The summed E-state index contributed by atoms with van der Waals surface area (Å²) in [6, 6.07) is 9.52. The molecule has 8 unspecified atom stereocenters. The topological polar surface area (TPSA) is 115 Å². The zero-order valence-corrected chi connectivity index (χ0v) is 26.2. The Balaban J connectivity index is 1.00. The molecular weight excluding hydrogens is 592 g/mol. The van der Waals surface area contributed by atoms with Crippen molar-refractivity contribution >= 4 is 35.0 Å². The molecule has 4 aliphatic carbocycles. The van der Waals surface area contributed by atoms with Crippen LogP contribution in [0.25, 0.3) is 0 Å². The molecule has 2 saturated carbocycles. The highest BCUT2D eigenvalue weighted by atomic mass is 16.3. The van der Waals surface area contributed by atoms with Gasteiger partial charge < -0.3 is 10.2 Å². The van der Waals surface area contributed by atoms with Gasteiger partial charge in [-0.15, -0.1) is 13.2 Å². The Morgan fingerprint density at radius 3 is 1.49 bits per heavy atom. The van der Waals surface area contributed by atoms with Crippen LogP contribution in [0.3, 0.4) is 0 Å². The second-order valence-corrected chi connectivity index (χ2v) is 14.4. The molecule has 0 spiro atoms. The number of rotatable bonds is 10. The van der Waals surface area contributed by atoms with Gasteiger partial charge in [0, 0.05) is 29.4 Å². The molecule has 8 atom stereocenters. The predicted molar refractivity (Wildman–Crippen MR) is 176 cm³/mol. The van der Waals surface area contributed by atoms with Crippen LogP contribution in [-0.2, 0) is 25.6 Å². The summed E-state index contributed by atoms with van der Waals surface area (Å²) < 4.78 is 0. The van der Waals surface area contributed by atoms with E-state index in [1.807, 2.05) is 12.2 Å². The van der Waals surface area contributed by atoms with Crippen molar-refractivity contribution in [2.24, 2.45) is 46.3 Å². The van der Waals surface area contributed by atoms with Crippen molar-refractivity contribution in [3.63, 3.8) is 0 Å². The predicted octanol–water partition coefficient (Wildman–Crippen LogP) is 5.98. The minimum atomic E-state index is -0.403. The number of hydrogen-bond donors (Lipinski definition) is 2. The molecular formula is C39H38N2O6. The lowest BCUT2D eigenvalue weighted by atomic mass is 9.72. The molecule has 47 heavy (non-hydrogen) atoms. The number of nitrogens with zero attached hydrogens (tertiary/aromatic N) is 2. The van der Waals surface area contributed by atoms with Crippen LogP contribution in [-0.4, -0.2) is 33.8 Å². The summed E-state index contributed by atoms with van der Waals surface area (Å²) in [7, 11) is 0.